The van der Waals surface area contributed by atoms with E-state index in [1.54, 1.807) is 24.3 Å². The first-order valence-electron chi connectivity index (χ1n) is 16.5. The van der Waals surface area contributed by atoms with Crippen molar-refractivity contribution in [3.05, 3.63) is 132 Å². The largest absolute Gasteiger partial charge is 0.508 e. The van der Waals surface area contributed by atoms with Crippen molar-refractivity contribution in [2.45, 2.75) is 82.5 Å². The lowest BCUT2D eigenvalue weighted by atomic mass is 10.0. The fourth-order valence-electron chi connectivity index (χ4n) is 5.88. The van der Waals surface area contributed by atoms with Crippen molar-refractivity contribution >= 4 is 0 Å². The van der Waals surface area contributed by atoms with E-state index in [0.717, 1.165) is 23.1 Å². The van der Waals surface area contributed by atoms with Gasteiger partial charge >= 0.3 is 0 Å². The second-order valence-corrected chi connectivity index (χ2v) is 12.1. The van der Waals surface area contributed by atoms with Gasteiger partial charge in [0.2, 0.25) is 6.29 Å². The number of phenols is 1. The van der Waals surface area contributed by atoms with Crippen molar-refractivity contribution in [1.82, 2.24) is 0 Å². The average molecular weight is 641 g/mol. The molecule has 6 unspecified atom stereocenters. The van der Waals surface area contributed by atoms with E-state index in [9.17, 15) is 5.11 Å². The Morgan fingerprint density at radius 3 is 1.57 bits per heavy atom. The van der Waals surface area contributed by atoms with E-state index < -0.39 is 12.6 Å². The Labute approximate surface area is 277 Å². The smallest absolute Gasteiger partial charge is 0.202 e. The molecule has 2 fully saturated rings. The maximum Gasteiger partial charge on any atom is 0.202 e. The Balaban J connectivity index is 1.07. The number of hydrogen-bond acceptors (Lipinski definition) is 8. The SMILES string of the molecule is Oc1ccc(OC2CC(OCc3ccccc3)CC(COC3CC(OCc4ccccc4)CC(COCc4ccccc4)O3)O2)cc1. The van der Waals surface area contributed by atoms with E-state index in [-0.39, 0.29) is 30.2 Å². The van der Waals surface area contributed by atoms with Gasteiger partial charge in [-0.1, -0.05) is 91.0 Å². The summed E-state index contributed by atoms with van der Waals surface area (Å²) in [4.78, 5) is 0. The highest BCUT2D eigenvalue weighted by molar-refractivity contribution is 5.30. The van der Waals surface area contributed by atoms with Gasteiger partial charge < -0.3 is 38.3 Å². The summed E-state index contributed by atoms with van der Waals surface area (Å²) in [5, 5.41) is 9.70. The third-order valence-corrected chi connectivity index (χ3v) is 8.30. The standard InChI is InChI=1S/C39H44O8/c40-32-16-18-33(19-17-32)45-39-23-35(43-26-31-14-8-3-9-15-31)21-37(47-39)28-44-38-22-34(42-25-30-12-6-2-7-13-30)20-36(46-38)27-41-24-29-10-4-1-5-11-29/h1-19,34-40H,20-28H2. The van der Waals surface area contributed by atoms with Crippen molar-refractivity contribution in [2.24, 2.45) is 0 Å². The van der Waals surface area contributed by atoms with E-state index in [1.807, 2.05) is 54.6 Å². The van der Waals surface area contributed by atoms with Gasteiger partial charge in [-0.2, -0.15) is 0 Å². The third-order valence-electron chi connectivity index (χ3n) is 8.30. The maximum absolute atomic E-state index is 9.70. The molecule has 0 amide bonds. The topological polar surface area (TPSA) is 84.8 Å². The minimum atomic E-state index is -0.531. The number of aromatic hydroxyl groups is 1. The van der Waals surface area contributed by atoms with Gasteiger partial charge in [-0.3, -0.25) is 0 Å². The molecule has 2 heterocycles. The molecule has 248 valence electrons. The van der Waals surface area contributed by atoms with Crippen molar-refractivity contribution in [1.29, 1.82) is 0 Å². The van der Waals surface area contributed by atoms with Crippen LogP contribution in [0, 0.1) is 0 Å². The number of phenolic OH excluding ortho intramolecular Hbond substituents is 1. The van der Waals surface area contributed by atoms with Crippen LogP contribution in [0.5, 0.6) is 11.5 Å². The van der Waals surface area contributed by atoms with E-state index in [0.29, 0.717) is 58.0 Å². The first-order chi connectivity index (χ1) is 23.1. The molecule has 8 heteroatoms. The van der Waals surface area contributed by atoms with Crippen LogP contribution in [0.15, 0.2) is 115 Å². The molecule has 47 heavy (non-hydrogen) atoms. The van der Waals surface area contributed by atoms with Crippen LogP contribution >= 0.6 is 0 Å². The molecule has 6 rings (SSSR count). The van der Waals surface area contributed by atoms with Crippen LogP contribution in [0.3, 0.4) is 0 Å². The molecule has 6 atom stereocenters. The highest BCUT2D eigenvalue weighted by atomic mass is 16.7. The molecule has 0 bridgehead atoms. The van der Waals surface area contributed by atoms with Crippen LogP contribution in [-0.2, 0) is 48.2 Å². The highest BCUT2D eigenvalue weighted by Crippen LogP contribution is 2.29. The number of hydrogen-bond donors (Lipinski definition) is 1. The van der Waals surface area contributed by atoms with Gasteiger partial charge in [0, 0.05) is 25.7 Å². The van der Waals surface area contributed by atoms with Gasteiger partial charge in [-0.15, -0.1) is 0 Å². The van der Waals surface area contributed by atoms with Crippen LogP contribution in [-0.4, -0.2) is 55.3 Å². The zero-order chi connectivity index (χ0) is 32.1. The van der Waals surface area contributed by atoms with Crippen LogP contribution in [0.25, 0.3) is 0 Å². The van der Waals surface area contributed by atoms with E-state index in [4.69, 9.17) is 33.2 Å². The summed E-state index contributed by atoms with van der Waals surface area (Å²) in [5.74, 6) is 0.795. The monoisotopic (exact) mass is 640 g/mol. The molecule has 1 N–H and O–H groups in total. The van der Waals surface area contributed by atoms with Crippen molar-refractivity contribution < 1.29 is 38.3 Å². The Kier molecular flexibility index (Phi) is 12.3. The third kappa shape index (κ3) is 10.9. The van der Waals surface area contributed by atoms with E-state index in [2.05, 4.69) is 36.4 Å². The Hall–Kier alpha value is -3.76. The average Bonchev–Trinajstić information content (AvgIpc) is 3.11. The molecular formula is C39H44O8. The fraction of sp³-hybridized carbons (Fsp3) is 0.385. The summed E-state index contributed by atoms with van der Waals surface area (Å²) in [6.45, 7) is 2.30. The Morgan fingerprint density at radius 1 is 0.511 bits per heavy atom. The normalized spacial score (nSPS) is 24.5. The summed E-state index contributed by atoms with van der Waals surface area (Å²) in [5.41, 5.74) is 3.36. The zero-order valence-electron chi connectivity index (χ0n) is 26.6. The predicted molar refractivity (Wildman–Crippen MR) is 177 cm³/mol. The van der Waals surface area contributed by atoms with Crippen LogP contribution in [0.1, 0.15) is 42.4 Å². The predicted octanol–water partition coefficient (Wildman–Crippen LogP) is 7.19. The lowest BCUT2D eigenvalue weighted by Gasteiger charge is -2.38. The highest BCUT2D eigenvalue weighted by Gasteiger charge is 2.35. The molecule has 0 saturated carbocycles. The summed E-state index contributed by atoms with van der Waals surface area (Å²) in [7, 11) is 0. The molecule has 8 nitrogen and oxygen atoms in total. The number of benzene rings is 4. The summed E-state index contributed by atoms with van der Waals surface area (Å²) in [6, 6.07) is 37.1. The van der Waals surface area contributed by atoms with Crippen molar-refractivity contribution in [3.8, 4) is 11.5 Å². The van der Waals surface area contributed by atoms with Gasteiger partial charge in [0.25, 0.3) is 0 Å². The molecule has 0 radical (unpaired) electrons. The fourth-order valence-corrected chi connectivity index (χ4v) is 5.88. The molecule has 0 spiro atoms. The minimum Gasteiger partial charge on any atom is -0.508 e. The number of ether oxygens (including phenoxy) is 7. The maximum atomic E-state index is 9.70. The van der Waals surface area contributed by atoms with Gasteiger partial charge in [-0.25, -0.2) is 0 Å². The second-order valence-electron chi connectivity index (χ2n) is 12.1. The van der Waals surface area contributed by atoms with Crippen LogP contribution in [0.2, 0.25) is 0 Å². The lowest BCUT2D eigenvalue weighted by Crippen LogP contribution is -2.44. The molecule has 2 saturated heterocycles. The number of rotatable bonds is 15. The van der Waals surface area contributed by atoms with E-state index in [1.165, 1.54) is 0 Å². The molecule has 0 aliphatic carbocycles. The van der Waals surface area contributed by atoms with Crippen LogP contribution < -0.4 is 4.74 Å². The minimum absolute atomic E-state index is 0.0425. The summed E-state index contributed by atoms with van der Waals surface area (Å²) < 4.78 is 44.1. The first-order valence-corrected chi connectivity index (χ1v) is 16.5. The lowest BCUT2D eigenvalue weighted by molar-refractivity contribution is -0.257. The second kappa shape index (κ2) is 17.4. The summed E-state index contributed by atoms with van der Waals surface area (Å²) in [6.07, 6.45) is 0.984. The molecule has 2 aliphatic heterocycles. The van der Waals surface area contributed by atoms with Gasteiger partial charge in [0.1, 0.15) is 11.5 Å². The molecule has 4 aromatic rings. The van der Waals surface area contributed by atoms with Crippen molar-refractivity contribution in [2.75, 3.05) is 13.2 Å². The van der Waals surface area contributed by atoms with Gasteiger partial charge in [0.15, 0.2) is 6.29 Å². The Bertz CT molecular complexity index is 1440. The van der Waals surface area contributed by atoms with E-state index >= 15 is 0 Å². The molecular weight excluding hydrogens is 596 g/mol. The quantitative estimate of drug-likeness (QED) is 0.146. The molecule has 4 aromatic carbocycles. The Morgan fingerprint density at radius 2 is 1.00 bits per heavy atom. The van der Waals surface area contributed by atoms with Crippen LogP contribution in [0.4, 0.5) is 0 Å². The molecule has 2 aliphatic rings. The zero-order valence-corrected chi connectivity index (χ0v) is 26.6. The first kappa shape index (κ1) is 33.2. The van der Waals surface area contributed by atoms with Crippen molar-refractivity contribution in [3.63, 3.8) is 0 Å². The summed E-state index contributed by atoms with van der Waals surface area (Å²) >= 11 is 0. The van der Waals surface area contributed by atoms with Gasteiger partial charge in [0.05, 0.1) is 57.5 Å². The van der Waals surface area contributed by atoms with Gasteiger partial charge in [-0.05, 0) is 41.0 Å². The molecule has 0 aromatic heterocycles.